The number of halogens is 2. The summed E-state index contributed by atoms with van der Waals surface area (Å²) in [5.74, 6) is -6.25. The second-order valence-corrected chi connectivity index (χ2v) is 5.72. The van der Waals surface area contributed by atoms with E-state index < -0.39 is 44.7 Å². The van der Waals surface area contributed by atoms with Gasteiger partial charge >= 0.3 is 5.97 Å². The van der Waals surface area contributed by atoms with Crippen LogP contribution in [0.2, 0.25) is 0 Å². The van der Waals surface area contributed by atoms with Crippen LogP contribution >= 0.6 is 0 Å². The predicted octanol–water partition coefficient (Wildman–Crippen LogP) is 0.735. The standard InChI is InChI=1S/C11H10F2O5S/c1-18-11(15)6-19(16,17)5-10(14)7-2-3-8(12)9(13)4-7/h2-4H,5-6H2,1H3. The molecule has 1 rings (SSSR count). The lowest BCUT2D eigenvalue weighted by Crippen LogP contribution is -2.24. The molecular formula is C11H10F2O5S. The smallest absolute Gasteiger partial charge is 0.320 e. The van der Waals surface area contributed by atoms with E-state index in [1.54, 1.807) is 0 Å². The molecule has 0 aliphatic heterocycles. The van der Waals surface area contributed by atoms with Crippen LogP contribution in [0.5, 0.6) is 0 Å². The Bertz CT molecular complexity index is 610. The summed E-state index contributed by atoms with van der Waals surface area (Å²) in [7, 11) is -2.99. The Morgan fingerprint density at radius 1 is 1.16 bits per heavy atom. The highest BCUT2D eigenvalue weighted by Gasteiger charge is 2.22. The summed E-state index contributed by atoms with van der Waals surface area (Å²) in [6.45, 7) is 0. The molecule has 0 heterocycles. The largest absolute Gasteiger partial charge is 0.468 e. The highest BCUT2D eigenvalue weighted by atomic mass is 32.2. The maximum atomic E-state index is 12.9. The molecule has 0 aromatic heterocycles. The van der Waals surface area contributed by atoms with Crippen LogP contribution in [0.3, 0.4) is 0 Å². The lowest BCUT2D eigenvalue weighted by atomic mass is 10.1. The van der Waals surface area contributed by atoms with Gasteiger partial charge in [0.1, 0.15) is 11.5 Å². The van der Waals surface area contributed by atoms with Crippen molar-refractivity contribution in [3.63, 3.8) is 0 Å². The fourth-order valence-electron chi connectivity index (χ4n) is 1.24. The molecule has 104 valence electrons. The zero-order chi connectivity index (χ0) is 14.6. The molecule has 19 heavy (non-hydrogen) atoms. The van der Waals surface area contributed by atoms with Gasteiger partial charge in [-0.25, -0.2) is 17.2 Å². The Labute approximate surface area is 108 Å². The molecule has 0 spiro atoms. The number of sulfone groups is 1. The molecule has 0 fully saturated rings. The van der Waals surface area contributed by atoms with Gasteiger partial charge in [-0.05, 0) is 18.2 Å². The molecule has 0 saturated carbocycles. The van der Waals surface area contributed by atoms with E-state index in [-0.39, 0.29) is 5.56 Å². The van der Waals surface area contributed by atoms with Gasteiger partial charge in [0.15, 0.2) is 27.3 Å². The topological polar surface area (TPSA) is 77.5 Å². The predicted molar refractivity (Wildman–Crippen MR) is 61.4 cm³/mol. The first-order valence-corrected chi connectivity index (χ1v) is 6.83. The zero-order valence-corrected chi connectivity index (χ0v) is 10.7. The minimum Gasteiger partial charge on any atom is -0.468 e. The van der Waals surface area contributed by atoms with Gasteiger partial charge in [-0.3, -0.25) is 9.59 Å². The van der Waals surface area contributed by atoms with Gasteiger partial charge in [0.2, 0.25) is 0 Å². The van der Waals surface area contributed by atoms with Crippen molar-refractivity contribution in [3.05, 3.63) is 35.4 Å². The number of carbonyl (C=O) groups excluding carboxylic acids is 2. The van der Waals surface area contributed by atoms with Crippen molar-refractivity contribution in [2.75, 3.05) is 18.6 Å². The number of benzene rings is 1. The second kappa shape index (κ2) is 5.87. The second-order valence-electron chi connectivity index (χ2n) is 3.66. The zero-order valence-electron chi connectivity index (χ0n) is 9.85. The summed E-state index contributed by atoms with van der Waals surface area (Å²) < 4.78 is 52.6. The van der Waals surface area contributed by atoms with E-state index in [9.17, 15) is 26.8 Å². The Morgan fingerprint density at radius 3 is 2.32 bits per heavy atom. The first-order valence-electron chi connectivity index (χ1n) is 5.00. The average Bonchev–Trinajstić information content (AvgIpc) is 2.31. The lowest BCUT2D eigenvalue weighted by molar-refractivity contribution is -0.137. The number of hydrogen-bond donors (Lipinski definition) is 0. The highest BCUT2D eigenvalue weighted by molar-refractivity contribution is 7.92. The maximum absolute atomic E-state index is 12.9. The molecule has 0 amide bonds. The lowest BCUT2D eigenvalue weighted by Gasteiger charge is -2.03. The molecule has 0 saturated heterocycles. The fraction of sp³-hybridized carbons (Fsp3) is 0.273. The number of ether oxygens (including phenoxy) is 1. The number of Topliss-reactive ketones (excluding diaryl/α,β-unsaturated/α-hetero) is 1. The Morgan fingerprint density at radius 2 is 1.79 bits per heavy atom. The Balaban J connectivity index is 2.84. The molecule has 1 aromatic rings. The monoisotopic (exact) mass is 292 g/mol. The molecule has 0 unspecified atom stereocenters. The van der Waals surface area contributed by atoms with Gasteiger partial charge in [-0.15, -0.1) is 0 Å². The van der Waals surface area contributed by atoms with E-state index in [1.165, 1.54) is 0 Å². The quantitative estimate of drug-likeness (QED) is 0.591. The van der Waals surface area contributed by atoms with Crippen LogP contribution in [0.15, 0.2) is 18.2 Å². The summed E-state index contributed by atoms with van der Waals surface area (Å²) in [5.41, 5.74) is -0.285. The average molecular weight is 292 g/mol. The van der Waals surface area contributed by atoms with Crippen LogP contribution in [0.25, 0.3) is 0 Å². The maximum Gasteiger partial charge on any atom is 0.320 e. The number of rotatable bonds is 5. The Hall–Kier alpha value is -1.83. The number of ketones is 1. The van der Waals surface area contributed by atoms with Crippen LogP contribution in [0, 0.1) is 11.6 Å². The summed E-state index contributed by atoms with van der Waals surface area (Å²) >= 11 is 0. The third kappa shape index (κ3) is 4.40. The number of methoxy groups -OCH3 is 1. The van der Waals surface area contributed by atoms with Gasteiger partial charge < -0.3 is 4.74 Å². The summed E-state index contributed by atoms with van der Waals surface area (Å²) in [4.78, 5) is 22.4. The van der Waals surface area contributed by atoms with E-state index in [4.69, 9.17) is 0 Å². The van der Waals surface area contributed by atoms with Crippen LogP contribution in [-0.4, -0.2) is 38.8 Å². The van der Waals surface area contributed by atoms with Gasteiger partial charge in [0.05, 0.1) is 7.11 Å². The van der Waals surface area contributed by atoms with E-state index in [0.717, 1.165) is 19.2 Å². The molecule has 0 aliphatic rings. The first kappa shape index (κ1) is 15.2. The van der Waals surface area contributed by atoms with Crippen molar-refractivity contribution >= 4 is 21.6 Å². The highest BCUT2D eigenvalue weighted by Crippen LogP contribution is 2.10. The SMILES string of the molecule is COC(=O)CS(=O)(=O)CC(=O)c1ccc(F)c(F)c1. The third-order valence-corrected chi connectivity index (χ3v) is 3.54. The number of carbonyl (C=O) groups is 2. The molecule has 1 aromatic carbocycles. The first-order chi connectivity index (χ1) is 8.75. The summed E-state index contributed by atoms with van der Waals surface area (Å²) in [5, 5.41) is 0. The van der Waals surface area contributed by atoms with Crippen molar-refractivity contribution in [1.82, 2.24) is 0 Å². The molecule has 5 nitrogen and oxygen atoms in total. The van der Waals surface area contributed by atoms with Crippen molar-refractivity contribution in [2.24, 2.45) is 0 Å². The van der Waals surface area contributed by atoms with Crippen LogP contribution in [0.4, 0.5) is 8.78 Å². The normalized spacial score (nSPS) is 11.1. The Kier molecular flexibility index (Phi) is 4.71. The number of hydrogen-bond acceptors (Lipinski definition) is 5. The number of esters is 1. The van der Waals surface area contributed by atoms with Crippen molar-refractivity contribution in [2.45, 2.75) is 0 Å². The van der Waals surface area contributed by atoms with E-state index in [0.29, 0.717) is 6.07 Å². The van der Waals surface area contributed by atoms with Gasteiger partial charge in [-0.2, -0.15) is 0 Å². The van der Waals surface area contributed by atoms with Crippen LogP contribution < -0.4 is 0 Å². The molecule has 0 radical (unpaired) electrons. The van der Waals surface area contributed by atoms with Gasteiger partial charge in [0, 0.05) is 5.56 Å². The van der Waals surface area contributed by atoms with Crippen molar-refractivity contribution in [3.8, 4) is 0 Å². The summed E-state index contributed by atoms with van der Waals surface area (Å²) in [6, 6.07) is 2.29. The van der Waals surface area contributed by atoms with E-state index in [1.807, 2.05) is 0 Å². The minimum absolute atomic E-state index is 0.285. The molecule has 8 heteroatoms. The molecule has 0 N–H and O–H groups in total. The van der Waals surface area contributed by atoms with Crippen molar-refractivity contribution < 1.29 is 31.5 Å². The van der Waals surface area contributed by atoms with Gasteiger partial charge in [-0.1, -0.05) is 0 Å². The molecule has 0 atom stereocenters. The molecule has 0 aliphatic carbocycles. The van der Waals surface area contributed by atoms with Gasteiger partial charge in [0.25, 0.3) is 0 Å². The van der Waals surface area contributed by atoms with E-state index in [2.05, 4.69) is 4.74 Å². The van der Waals surface area contributed by atoms with Crippen LogP contribution in [0.1, 0.15) is 10.4 Å². The minimum atomic E-state index is -4.00. The molecule has 0 bridgehead atoms. The summed E-state index contributed by atoms with van der Waals surface area (Å²) in [6.07, 6.45) is 0. The fourth-order valence-corrected chi connectivity index (χ4v) is 2.39. The van der Waals surface area contributed by atoms with Crippen LogP contribution in [-0.2, 0) is 19.4 Å². The van der Waals surface area contributed by atoms with E-state index >= 15 is 0 Å². The third-order valence-electron chi connectivity index (χ3n) is 2.16. The van der Waals surface area contributed by atoms with Crippen molar-refractivity contribution in [1.29, 1.82) is 0 Å². The molecular weight excluding hydrogens is 282 g/mol.